The van der Waals surface area contributed by atoms with Gasteiger partial charge in [-0.15, -0.1) is 0 Å². The molecule has 0 fully saturated rings. The van der Waals surface area contributed by atoms with E-state index < -0.39 is 5.41 Å². The zero-order valence-electron chi connectivity index (χ0n) is 16.2. The predicted molar refractivity (Wildman–Crippen MR) is 104 cm³/mol. The van der Waals surface area contributed by atoms with E-state index in [2.05, 4.69) is 0 Å². The van der Waals surface area contributed by atoms with Crippen molar-refractivity contribution in [1.82, 2.24) is 0 Å². The van der Waals surface area contributed by atoms with Gasteiger partial charge < -0.3 is 9.47 Å². The molecule has 2 aromatic rings. The van der Waals surface area contributed by atoms with E-state index >= 15 is 0 Å². The van der Waals surface area contributed by atoms with Crippen LogP contribution in [-0.4, -0.2) is 25.5 Å². The van der Waals surface area contributed by atoms with Crippen molar-refractivity contribution >= 4 is 11.8 Å². The van der Waals surface area contributed by atoms with Gasteiger partial charge in [0, 0.05) is 0 Å². The zero-order chi connectivity index (χ0) is 19.4. The topological polar surface area (TPSA) is 52.6 Å². The van der Waals surface area contributed by atoms with Crippen LogP contribution in [-0.2, 0) is 21.4 Å². The van der Waals surface area contributed by atoms with Crippen molar-refractivity contribution in [2.45, 2.75) is 38.5 Å². The summed E-state index contributed by atoms with van der Waals surface area (Å²) >= 11 is 0. The van der Waals surface area contributed by atoms with Gasteiger partial charge in [-0.2, -0.15) is 0 Å². The molecule has 0 saturated carbocycles. The molecule has 1 atom stereocenters. The van der Waals surface area contributed by atoms with Gasteiger partial charge in [-0.3, -0.25) is 9.59 Å². The molecule has 0 radical (unpaired) electrons. The smallest absolute Gasteiger partial charge is 0.316 e. The van der Waals surface area contributed by atoms with Crippen molar-refractivity contribution in [3.8, 4) is 5.75 Å². The van der Waals surface area contributed by atoms with Gasteiger partial charge >= 0.3 is 5.97 Å². The molecule has 1 aliphatic heterocycles. The molecule has 2 aromatic carbocycles. The van der Waals surface area contributed by atoms with Crippen LogP contribution in [0.4, 0.5) is 0 Å². The number of hydrogen-bond donors (Lipinski definition) is 0. The second-order valence-electron chi connectivity index (χ2n) is 7.05. The van der Waals surface area contributed by atoms with E-state index in [1.54, 1.807) is 6.07 Å². The Kier molecular flexibility index (Phi) is 5.64. The lowest BCUT2D eigenvalue weighted by atomic mass is 9.75. The molecule has 0 N–H and O–H groups in total. The minimum absolute atomic E-state index is 0.100. The minimum atomic E-state index is -0.711. The zero-order valence-corrected chi connectivity index (χ0v) is 16.2. The van der Waals surface area contributed by atoms with Gasteiger partial charge in [0.05, 0.1) is 30.6 Å². The molecule has 1 heterocycles. The summed E-state index contributed by atoms with van der Waals surface area (Å²) in [6.45, 7) is 4.30. The summed E-state index contributed by atoms with van der Waals surface area (Å²) in [5, 5.41) is 0. The van der Waals surface area contributed by atoms with Crippen LogP contribution in [0.5, 0.6) is 5.75 Å². The van der Waals surface area contributed by atoms with Gasteiger partial charge in [0.25, 0.3) is 0 Å². The van der Waals surface area contributed by atoms with Crippen molar-refractivity contribution in [2.24, 2.45) is 5.92 Å². The molecule has 0 amide bonds. The molecule has 0 bridgehead atoms. The van der Waals surface area contributed by atoms with Gasteiger partial charge in [-0.05, 0) is 42.5 Å². The van der Waals surface area contributed by atoms with Gasteiger partial charge in [-0.25, -0.2) is 0 Å². The van der Waals surface area contributed by atoms with Crippen molar-refractivity contribution in [3.05, 3.63) is 65.2 Å². The van der Waals surface area contributed by atoms with Crippen LogP contribution in [0.15, 0.2) is 48.5 Å². The molecule has 4 heteroatoms. The van der Waals surface area contributed by atoms with Crippen molar-refractivity contribution < 1.29 is 19.1 Å². The van der Waals surface area contributed by atoms with Crippen molar-refractivity contribution in [3.63, 3.8) is 0 Å². The molecule has 1 aliphatic rings. The maximum atomic E-state index is 12.9. The number of rotatable bonds is 6. The van der Waals surface area contributed by atoms with Crippen LogP contribution in [0.1, 0.15) is 48.2 Å². The summed E-state index contributed by atoms with van der Waals surface area (Å²) in [6, 6.07) is 15.5. The quantitative estimate of drug-likeness (QED) is 0.713. The van der Waals surface area contributed by atoms with Crippen LogP contribution in [0.25, 0.3) is 0 Å². The number of ketones is 1. The molecule has 0 spiro atoms. The molecule has 27 heavy (non-hydrogen) atoms. The number of ether oxygens (including phenoxy) is 2. The summed E-state index contributed by atoms with van der Waals surface area (Å²) in [5.74, 6) is 0.227. The lowest BCUT2D eigenvalue weighted by molar-refractivity contribution is -0.148. The third kappa shape index (κ3) is 3.48. The second-order valence-corrected chi connectivity index (χ2v) is 7.05. The van der Waals surface area contributed by atoms with E-state index in [0.717, 1.165) is 11.1 Å². The van der Waals surface area contributed by atoms with Crippen LogP contribution in [0.2, 0.25) is 0 Å². The van der Waals surface area contributed by atoms with E-state index in [-0.39, 0.29) is 17.7 Å². The third-order valence-corrected chi connectivity index (χ3v) is 5.72. The average Bonchev–Trinajstić information content (AvgIpc) is 2.72. The van der Waals surface area contributed by atoms with Crippen LogP contribution in [0.3, 0.4) is 0 Å². The minimum Gasteiger partial charge on any atom is -0.492 e. The molecule has 1 unspecified atom stereocenters. The maximum absolute atomic E-state index is 12.9. The van der Waals surface area contributed by atoms with E-state index in [4.69, 9.17) is 9.47 Å². The summed E-state index contributed by atoms with van der Waals surface area (Å²) in [6.07, 6.45) is 1.91. The highest BCUT2D eigenvalue weighted by molar-refractivity contribution is 6.01. The number of benzene rings is 2. The Balaban J connectivity index is 1.89. The Morgan fingerprint density at radius 3 is 2.48 bits per heavy atom. The van der Waals surface area contributed by atoms with Crippen LogP contribution >= 0.6 is 0 Å². The van der Waals surface area contributed by atoms with Gasteiger partial charge in [0.1, 0.15) is 5.75 Å². The first-order chi connectivity index (χ1) is 13.1. The van der Waals surface area contributed by atoms with Crippen molar-refractivity contribution in [2.75, 3.05) is 13.7 Å². The fourth-order valence-corrected chi connectivity index (χ4v) is 3.94. The number of Topliss-reactive ketones (excluding diaryl/α,β-unsaturated/α-hetero) is 1. The molecule has 4 nitrogen and oxygen atoms in total. The van der Waals surface area contributed by atoms with Crippen LogP contribution < -0.4 is 4.74 Å². The first kappa shape index (κ1) is 19.2. The summed E-state index contributed by atoms with van der Waals surface area (Å²) in [7, 11) is 1.41. The highest BCUT2D eigenvalue weighted by Crippen LogP contribution is 2.38. The number of methoxy groups -OCH3 is 1. The van der Waals surface area contributed by atoms with Gasteiger partial charge in [0.2, 0.25) is 0 Å². The maximum Gasteiger partial charge on any atom is 0.316 e. The highest BCUT2D eigenvalue weighted by Gasteiger charge is 2.39. The normalized spacial score (nSPS) is 16.4. The largest absolute Gasteiger partial charge is 0.492 e. The SMILES string of the molecule is CCC(CC)(C(=O)OC)c1ccc2c(c1)OCC(Cc1ccccc1)C2=O. The molecule has 0 aromatic heterocycles. The van der Waals surface area contributed by atoms with E-state index in [1.807, 2.05) is 56.3 Å². The van der Waals surface area contributed by atoms with E-state index in [9.17, 15) is 9.59 Å². The monoisotopic (exact) mass is 366 g/mol. The van der Waals surface area contributed by atoms with Crippen LogP contribution in [0, 0.1) is 5.92 Å². The van der Waals surface area contributed by atoms with Gasteiger partial charge in [0.15, 0.2) is 5.78 Å². The molecule has 3 rings (SSSR count). The lowest BCUT2D eigenvalue weighted by Crippen LogP contribution is -2.36. The standard InChI is InChI=1S/C23H26O4/c1-4-23(5-2,22(25)26-3)18-11-12-19-20(14-18)27-15-17(21(19)24)13-16-9-7-6-8-10-16/h6-12,14,17H,4-5,13,15H2,1-3H3. The number of fused-ring (bicyclic) bond motifs is 1. The Morgan fingerprint density at radius 2 is 1.85 bits per heavy atom. The molecule has 0 saturated heterocycles. The Bertz CT molecular complexity index is 822. The lowest BCUT2D eigenvalue weighted by Gasteiger charge is -2.31. The predicted octanol–water partition coefficient (Wildman–Crippen LogP) is 4.35. The fourth-order valence-electron chi connectivity index (χ4n) is 3.94. The summed E-state index contributed by atoms with van der Waals surface area (Å²) < 4.78 is 11.0. The number of carbonyl (C=O) groups is 2. The fraction of sp³-hybridized carbons (Fsp3) is 0.391. The highest BCUT2D eigenvalue weighted by atomic mass is 16.5. The number of carbonyl (C=O) groups excluding carboxylic acids is 2. The van der Waals surface area contributed by atoms with E-state index in [0.29, 0.717) is 37.2 Å². The Labute approximate surface area is 160 Å². The molecule has 0 aliphatic carbocycles. The first-order valence-corrected chi connectivity index (χ1v) is 9.49. The average molecular weight is 366 g/mol. The van der Waals surface area contributed by atoms with E-state index in [1.165, 1.54) is 7.11 Å². The summed E-state index contributed by atoms with van der Waals surface area (Å²) in [5.41, 5.74) is 1.85. The molecular formula is C23H26O4. The van der Waals surface area contributed by atoms with Gasteiger partial charge in [-0.1, -0.05) is 50.2 Å². The third-order valence-electron chi connectivity index (χ3n) is 5.72. The molecule has 142 valence electrons. The second kappa shape index (κ2) is 7.95. The first-order valence-electron chi connectivity index (χ1n) is 9.49. The van der Waals surface area contributed by atoms with Crippen molar-refractivity contribution in [1.29, 1.82) is 0 Å². The number of esters is 1. The Hall–Kier alpha value is -2.62. The molecular weight excluding hydrogens is 340 g/mol. The number of hydrogen-bond acceptors (Lipinski definition) is 4. The summed E-state index contributed by atoms with van der Waals surface area (Å²) in [4.78, 5) is 25.4. The Morgan fingerprint density at radius 1 is 1.15 bits per heavy atom.